The van der Waals surface area contributed by atoms with E-state index in [1.807, 2.05) is 12.3 Å². The number of nitrogens with one attached hydrogen (secondary N) is 1. The molecular formula is C17H12N2. The summed E-state index contributed by atoms with van der Waals surface area (Å²) in [6, 6.07) is 18.9. The number of fused-ring (bicyclic) bond motifs is 3. The van der Waals surface area contributed by atoms with Crippen molar-refractivity contribution in [2.24, 2.45) is 0 Å². The average Bonchev–Trinajstić information content (AvgIpc) is 2.86. The van der Waals surface area contributed by atoms with Gasteiger partial charge >= 0.3 is 0 Å². The summed E-state index contributed by atoms with van der Waals surface area (Å²) in [7, 11) is 0. The van der Waals surface area contributed by atoms with Crippen LogP contribution in [0, 0.1) is 0 Å². The average molecular weight is 244 g/mol. The molecule has 0 aliphatic rings. The van der Waals surface area contributed by atoms with Crippen LogP contribution in [-0.4, -0.2) is 9.97 Å². The zero-order valence-corrected chi connectivity index (χ0v) is 10.3. The first-order valence-corrected chi connectivity index (χ1v) is 6.33. The zero-order valence-electron chi connectivity index (χ0n) is 10.3. The molecule has 19 heavy (non-hydrogen) atoms. The monoisotopic (exact) mass is 244 g/mol. The van der Waals surface area contributed by atoms with Gasteiger partial charge < -0.3 is 4.98 Å². The van der Waals surface area contributed by atoms with Crippen molar-refractivity contribution in [3.63, 3.8) is 0 Å². The molecule has 2 aromatic carbocycles. The van der Waals surface area contributed by atoms with Crippen LogP contribution in [0.2, 0.25) is 0 Å². The standard InChI is InChI=1S/C17H12N2/c1-2-6-16-14(5-1)15-10-12(7-8-17(15)19-16)13-4-3-9-18-11-13/h1-11,19H. The smallest absolute Gasteiger partial charge is 0.0465 e. The van der Waals surface area contributed by atoms with Gasteiger partial charge in [0.2, 0.25) is 0 Å². The normalized spacial score (nSPS) is 11.2. The fraction of sp³-hybridized carbons (Fsp3) is 0. The summed E-state index contributed by atoms with van der Waals surface area (Å²) in [4.78, 5) is 7.62. The van der Waals surface area contributed by atoms with Crippen LogP contribution < -0.4 is 0 Å². The summed E-state index contributed by atoms with van der Waals surface area (Å²) in [6.45, 7) is 0. The molecular weight excluding hydrogens is 232 g/mol. The second-order valence-corrected chi connectivity index (χ2v) is 4.67. The van der Waals surface area contributed by atoms with E-state index in [9.17, 15) is 0 Å². The van der Waals surface area contributed by atoms with E-state index in [0.29, 0.717) is 0 Å². The molecule has 0 aliphatic carbocycles. The van der Waals surface area contributed by atoms with E-state index in [1.165, 1.54) is 27.4 Å². The Kier molecular flexibility index (Phi) is 2.15. The molecule has 1 N–H and O–H groups in total. The van der Waals surface area contributed by atoms with E-state index >= 15 is 0 Å². The Balaban J connectivity index is 2.03. The number of aromatic nitrogens is 2. The first-order chi connectivity index (χ1) is 9.42. The van der Waals surface area contributed by atoms with E-state index in [1.54, 1.807) is 6.20 Å². The Hall–Kier alpha value is -2.61. The lowest BCUT2D eigenvalue weighted by atomic mass is 10.0. The van der Waals surface area contributed by atoms with Crippen LogP contribution in [0.25, 0.3) is 32.9 Å². The topological polar surface area (TPSA) is 28.7 Å². The van der Waals surface area contributed by atoms with Crippen molar-refractivity contribution in [2.75, 3.05) is 0 Å². The molecule has 0 bridgehead atoms. The fourth-order valence-electron chi connectivity index (χ4n) is 2.56. The van der Waals surface area contributed by atoms with Crippen LogP contribution in [-0.2, 0) is 0 Å². The molecule has 0 radical (unpaired) electrons. The highest BCUT2D eigenvalue weighted by Crippen LogP contribution is 2.29. The van der Waals surface area contributed by atoms with Gasteiger partial charge in [-0.3, -0.25) is 4.98 Å². The SMILES string of the molecule is c1cncc(-c2ccc3[nH]c4ccccc4c3c2)c1. The number of hydrogen-bond donors (Lipinski definition) is 1. The molecule has 2 nitrogen and oxygen atoms in total. The summed E-state index contributed by atoms with van der Waals surface area (Å²) in [5.41, 5.74) is 4.70. The Labute approximate surface area is 110 Å². The predicted molar refractivity (Wildman–Crippen MR) is 79.0 cm³/mol. The van der Waals surface area contributed by atoms with Gasteiger partial charge in [-0.2, -0.15) is 0 Å². The number of hydrogen-bond acceptors (Lipinski definition) is 1. The van der Waals surface area contributed by atoms with Gasteiger partial charge in [-0.05, 0) is 29.8 Å². The van der Waals surface area contributed by atoms with Crippen LogP contribution in [0.15, 0.2) is 67.0 Å². The summed E-state index contributed by atoms with van der Waals surface area (Å²) >= 11 is 0. The number of H-pyrrole nitrogens is 1. The van der Waals surface area contributed by atoms with Gasteiger partial charge in [0, 0.05) is 39.8 Å². The molecule has 0 fully saturated rings. The summed E-state index contributed by atoms with van der Waals surface area (Å²) < 4.78 is 0. The number of pyridine rings is 1. The van der Waals surface area contributed by atoms with Crippen molar-refractivity contribution < 1.29 is 0 Å². The Bertz CT molecular complexity index is 860. The van der Waals surface area contributed by atoms with E-state index in [0.717, 1.165) is 5.56 Å². The zero-order chi connectivity index (χ0) is 12.7. The molecule has 2 aromatic heterocycles. The first-order valence-electron chi connectivity index (χ1n) is 6.33. The third-order valence-corrected chi connectivity index (χ3v) is 3.50. The molecule has 2 heteroatoms. The lowest BCUT2D eigenvalue weighted by Gasteiger charge is -2.01. The number of para-hydroxylation sites is 1. The predicted octanol–water partition coefficient (Wildman–Crippen LogP) is 4.38. The van der Waals surface area contributed by atoms with Gasteiger partial charge in [0.1, 0.15) is 0 Å². The molecule has 0 amide bonds. The minimum Gasteiger partial charge on any atom is -0.355 e. The quantitative estimate of drug-likeness (QED) is 0.528. The van der Waals surface area contributed by atoms with Gasteiger partial charge in [-0.1, -0.05) is 30.3 Å². The Morgan fingerprint density at radius 3 is 2.53 bits per heavy atom. The molecule has 90 valence electrons. The number of benzene rings is 2. The van der Waals surface area contributed by atoms with Gasteiger partial charge in [0.05, 0.1) is 0 Å². The Morgan fingerprint density at radius 1 is 0.737 bits per heavy atom. The number of nitrogens with zero attached hydrogens (tertiary/aromatic N) is 1. The molecule has 0 aliphatic heterocycles. The summed E-state index contributed by atoms with van der Waals surface area (Å²) in [5.74, 6) is 0. The van der Waals surface area contributed by atoms with Crippen molar-refractivity contribution in [1.29, 1.82) is 0 Å². The second-order valence-electron chi connectivity index (χ2n) is 4.67. The minimum absolute atomic E-state index is 1.15. The molecule has 0 saturated heterocycles. The van der Waals surface area contributed by atoms with Crippen LogP contribution in [0.1, 0.15) is 0 Å². The molecule has 0 spiro atoms. The minimum atomic E-state index is 1.15. The highest BCUT2D eigenvalue weighted by atomic mass is 14.7. The Morgan fingerprint density at radius 2 is 1.63 bits per heavy atom. The highest BCUT2D eigenvalue weighted by molar-refractivity contribution is 6.08. The molecule has 4 aromatic rings. The molecule has 4 rings (SSSR count). The molecule has 2 heterocycles. The number of aromatic amines is 1. The fourth-order valence-corrected chi connectivity index (χ4v) is 2.56. The van der Waals surface area contributed by atoms with E-state index in [-0.39, 0.29) is 0 Å². The largest absolute Gasteiger partial charge is 0.355 e. The maximum Gasteiger partial charge on any atom is 0.0465 e. The third-order valence-electron chi connectivity index (χ3n) is 3.50. The van der Waals surface area contributed by atoms with Crippen molar-refractivity contribution in [3.05, 3.63) is 67.0 Å². The first kappa shape index (κ1) is 10.3. The van der Waals surface area contributed by atoms with Crippen LogP contribution in [0.4, 0.5) is 0 Å². The van der Waals surface area contributed by atoms with Crippen LogP contribution in [0.5, 0.6) is 0 Å². The molecule has 0 atom stereocenters. The van der Waals surface area contributed by atoms with Crippen molar-refractivity contribution >= 4 is 21.8 Å². The maximum atomic E-state index is 4.18. The second kappa shape index (κ2) is 3.95. The van der Waals surface area contributed by atoms with Gasteiger partial charge in [0.25, 0.3) is 0 Å². The summed E-state index contributed by atoms with van der Waals surface area (Å²) in [5, 5.41) is 2.53. The van der Waals surface area contributed by atoms with Crippen molar-refractivity contribution in [2.45, 2.75) is 0 Å². The van der Waals surface area contributed by atoms with Crippen LogP contribution in [0.3, 0.4) is 0 Å². The third kappa shape index (κ3) is 1.61. The van der Waals surface area contributed by atoms with E-state index in [2.05, 4.69) is 58.5 Å². The summed E-state index contributed by atoms with van der Waals surface area (Å²) in [6.07, 6.45) is 3.70. The van der Waals surface area contributed by atoms with Crippen molar-refractivity contribution in [3.8, 4) is 11.1 Å². The van der Waals surface area contributed by atoms with Gasteiger partial charge in [-0.15, -0.1) is 0 Å². The molecule has 0 unspecified atom stereocenters. The maximum absolute atomic E-state index is 4.18. The van der Waals surface area contributed by atoms with Gasteiger partial charge in [0.15, 0.2) is 0 Å². The highest BCUT2D eigenvalue weighted by Gasteiger charge is 2.05. The molecule has 0 saturated carbocycles. The van der Waals surface area contributed by atoms with Crippen LogP contribution >= 0.6 is 0 Å². The lowest BCUT2D eigenvalue weighted by molar-refractivity contribution is 1.33. The van der Waals surface area contributed by atoms with Crippen molar-refractivity contribution in [1.82, 2.24) is 9.97 Å². The van der Waals surface area contributed by atoms with E-state index < -0.39 is 0 Å². The van der Waals surface area contributed by atoms with E-state index in [4.69, 9.17) is 0 Å². The lowest BCUT2D eigenvalue weighted by Crippen LogP contribution is -1.78. The van der Waals surface area contributed by atoms with Gasteiger partial charge in [-0.25, -0.2) is 0 Å². The number of rotatable bonds is 1.